The van der Waals surface area contributed by atoms with Crippen molar-refractivity contribution in [2.24, 2.45) is 0 Å². The number of nitrogens with one attached hydrogen (secondary N) is 1. The molecule has 1 fully saturated rings. The number of aryl methyl sites for hydroxylation is 1. The van der Waals surface area contributed by atoms with Gasteiger partial charge in [0.1, 0.15) is 5.82 Å². The van der Waals surface area contributed by atoms with Crippen LogP contribution in [0, 0.1) is 6.92 Å². The van der Waals surface area contributed by atoms with Crippen LogP contribution in [-0.2, 0) is 0 Å². The molecule has 1 unspecified atom stereocenters. The lowest BCUT2D eigenvalue weighted by Crippen LogP contribution is -2.31. The monoisotopic (exact) mass is 289 g/mol. The second kappa shape index (κ2) is 5.31. The first-order chi connectivity index (χ1) is 10.1. The van der Waals surface area contributed by atoms with Crippen LogP contribution in [0.25, 0.3) is 0 Å². The van der Waals surface area contributed by atoms with E-state index < -0.39 is 0 Å². The van der Waals surface area contributed by atoms with E-state index in [1.807, 2.05) is 26.8 Å². The Hall–Kier alpha value is -2.18. The van der Waals surface area contributed by atoms with Gasteiger partial charge in [-0.25, -0.2) is 4.98 Å². The van der Waals surface area contributed by atoms with Crippen molar-refractivity contribution >= 4 is 5.91 Å². The molecule has 1 amide bonds. The molecule has 0 bridgehead atoms. The molecule has 3 rings (SSSR count). The molecule has 0 aliphatic carbocycles. The minimum Gasteiger partial charge on any atom is -0.359 e. The van der Waals surface area contributed by atoms with E-state index in [0.29, 0.717) is 6.54 Å². The van der Waals surface area contributed by atoms with Crippen LogP contribution in [0.2, 0.25) is 0 Å². The van der Waals surface area contributed by atoms with Crippen molar-refractivity contribution in [3.05, 3.63) is 29.2 Å². The SMILES string of the molecule is Cc1cc(C2CCCN2C(=O)c2n[nH]c(C(C)C)n2)on1. The van der Waals surface area contributed by atoms with Gasteiger partial charge in [-0.15, -0.1) is 5.10 Å². The summed E-state index contributed by atoms with van der Waals surface area (Å²) in [5.74, 6) is 1.74. The topological polar surface area (TPSA) is 87.9 Å². The van der Waals surface area contributed by atoms with Crippen LogP contribution >= 0.6 is 0 Å². The third-order valence-corrected chi connectivity index (χ3v) is 3.73. The number of H-pyrrole nitrogens is 1. The van der Waals surface area contributed by atoms with E-state index in [1.165, 1.54) is 0 Å². The van der Waals surface area contributed by atoms with Crippen molar-refractivity contribution in [3.63, 3.8) is 0 Å². The molecule has 7 heteroatoms. The van der Waals surface area contributed by atoms with Crippen LogP contribution in [0.1, 0.15) is 66.5 Å². The molecule has 112 valence electrons. The van der Waals surface area contributed by atoms with Crippen molar-refractivity contribution < 1.29 is 9.32 Å². The number of hydrogen-bond acceptors (Lipinski definition) is 5. The van der Waals surface area contributed by atoms with E-state index in [9.17, 15) is 4.79 Å². The fourth-order valence-electron chi connectivity index (χ4n) is 2.60. The van der Waals surface area contributed by atoms with Gasteiger partial charge in [0.2, 0.25) is 5.82 Å². The Labute approximate surface area is 122 Å². The Morgan fingerprint density at radius 2 is 2.33 bits per heavy atom. The van der Waals surface area contributed by atoms with Gasteiger partial charge < -0.3 is 9.42 Å². The molecule has 1 atom stereocenters. The Balaban J connectivity index is 1.82. The van der Waals surface area contributed by atoms with Gasteiger partial charge in [-0.3, -0.25) is 9.89 Å². The van der Waals surface area contributed by atoms with Crippen molar-refractivity contribution in [1.29, 1.82) is 0 Å². The summed E-state index contributed by atoms with van der Waals surface area (Å²) in [6.45, 7) is 6.57. The van der Waals surface area contributed by atoms with Gasteiger partial charge in [-0.1, -0.05) is 19.0 Å². The maximum absolute atomic E-state index is 12.6. The highest BCUT2D eigenvalue weighted by molar-refractivity contribution is 5.90. The molecule has 0 radical (unpaired) electrons. The third kappa shape index (κ3) is 2.55. The van der Waals surface area contributed by atoms with Crippen LogP contribution < -0.4 is 0 Å². The summed E-state index contributed by atoms with van der Waals surface area (Å²) >= 11 is 0. The summed E-state index contributed by atoms with van der Waals surface area (Å²) in [6.07, 6.45) is 1.82. The maximum atomic E-state index is 12.6. The smallest absolute Gasteiger partial charge is 0.294 e. The zero-order valence-electron chi connectivity index (χ0n) is 12.5. The van der Waals surface area contributed by atoms with E-state index in [-0.39, 0.29) is 23.7 Å². The number of rotatable bonds is 3. The van der Waals surface area contributed by atoms with E-state index in [1.54, 1.807) is 4.90 Å². The van der Waals surface area contributed by atoms with Crippen molar-refractivity contribution in [2.45, 2.75) is 45.6 Å². The average molecular weight is 289 g/mol. The minimum absolute atomic E-state index is 0.0697. The highest BCUT2D eigenvalue weighted by Gasteiger charge is 2.34. The number of aromatic amines is 1. The molecule has 1 N–H and O–H groups in total. The summed E-state index contributed by atoms with van der Waals surface area (Å²) in [6, 6.07) is 1.81. The Morgan fingerprint density at radius 1 is 1.52 bits per heavy atom. The zero-order chi connectivity index (χ0) is 15.0. The van der Waals surface area contributed by atoms with Gasteiger partial charge in [0, 0.05) is 18.5 Å². The Bertz CT molecular complexity index is 645. The summed E-state index contributed by atoms with van der Waals surface area (Å²) in [7, 11) is 0. The summed E-state index contributed by atoms with van der Waals surface area (Å²) < 4.78 is 5.32. The second-order valence-corrected chi connectivity index (χ2v) is 5.73. The molecular formula is C14H19N5O2. The lowest BCUT2D eigenvalue weighted by atomic mass is 10.1. The van der Waals surface area contributed by atoms with Gasteiger partial charge in [0.25, 0.3) is 5.91 Å². The fourth-order valence-corrected chi connectivity index (χ4v) is 2.60. The molecule has 7 nitrogen and oxygen atoms in total. The highest BCUT2D eigenvalue weighted by Crippen LogP contribution is 2.33. The van der Waals surface area contributed by atoms with Crippen LogP contribution in [0.3, 0.4) is 0 Å². The molecule has 1 saturated heterocycles. The van der Waals surface area contributed by atoms with E-state index in [2.05, 4.69) is 20.3 Å². The van der Waals surface area contributed by atoms with Gasteiger partial charge in [-0.2, -0.15) is 0 Å². The van der Waals surface area contributed by atoms with Gasteiger partial charge in [0.15, 0.2) is 5.76 Å². The van der Waals surface area contributed by atoms with Crippen molar-refractivity contribution in [1.82, 2.24) is 25.2 Å². The number of aromatic nitrogens is 4. The second-order valence-electron chi connectivity index (χ2n) is 5.73. The number of carbonyl (C=O) groups excluding carboxylic acids is 1. The molecule has 0 saturated carbocycles. The number of amides is 1. The van der Waals surface area contributed by atoms with Gasteiger partial charge >= 0.3 is 0 Å². The number of likely N-dealkylation sites (tertiary alicyclic amines) is 1. The van der Waals surface area contributed by atoms with Crippen LogP contribution in [-0.4, -0.2) is 37.7 Å². The zero-order valence-corrected chi connectivity index (χ0v) is 12.5. The normalized spacial score (nSPS) is 18.7. The first kappa shape index (κ1) is 13.8. The Morgan fingerprint density at radius 3 is 2.95 bits per heavy atom. The summed E-state index contributed by atoms with van der Waals surface area (Å²) in [5, 5.41) is 10.8. The summed E-state index contributed by atoms with van der Waals surface area (Å²) in [4.78, 5) is 18.6. The predicted octanol–water partition coefficient (Wildman–Crippen LogP) is 2.20. The summed E-state index contributed by atoms with van der Waals surface area (Å²) in [5.41, 5.74) is 0.823. The van der Waals surface area contributed by atoms with Crippen molar-refractivity contribution in [2.75, 3.05) is 6.54 Å². The van der Waals surface area contributed by atoms with Crippen LogP contribution in [0.5, 0.6) is 0 Å². The highest BCUT2D eigenvalue weighted by atomic mass is 16.5. The molecular weight excluding hydrogens is 270 g/mol. The lowest BCUT2D eigenvalue weighted by molar-refractivity contribution is 0.0702. The molecule has 1 aliphatic heterocycles. The number of carbonyl (C=O) groups is 1. The molecule has 0 aromatic carbocycles. The minimum atomic E-state index is -0.158. The number of nitrogens with zero attached hydrogens (tertiary/aromatic N) is 4. The van der Waals surface area contributed by atoms with E-state index in [4.69, 9.17) is 4.52 Å². The van der Waals surface area contributed by atoms with Gasteiger partial charge in [0.05, 0.1) is 11.7 Å². The first-order valence-electron chi connectivity index (χ1n) is 7.22. The first-order valence-corrected chi connectivity index (χ1v) is 7.22. The molecule has 1 aliphatic rings. The van der Waals surface area contributed by atoms with Crippen molar-refractivity contribution in [3.8, 4) is 0 Å². The molecule has 2 aromatic heterocycles. The molecule has 2 aromatic rings. The van der Waals surface area contributed by atoms with E-state index in [0.717, 1.165) is 30.1 Å². The Kier molecular flexibility index (Phi) is 3.48. The predicted molar refractivity (Wildman–Crippen MR) is 74.7 cm³/mol. The molecule has 3 heterocycles. The maximum Gasteiger partial charge on any atom is 0.294 e. The average Bonchev–Trinajstić information content (AvgIpc) is 3.17. The molecule has 0 spiro atoms. The fraction of sp³-hybridized carbons (Fsp3) is 0.571. The standard InChI is InChI=1S/C14H19N5O2/c1-8(2)12-15-13(17-16-12)14(20)19-6-4-5-10(19)11-7-9(3)18-21-11/h7-8,10H,4-6H2,1-3H3,(H,15,16,17). The molecule has 21 heavy (non-hydrogen) atoms. The van der Waals surface area contributed by atoms with Crippen LogP contribution in [0.4, 0.5) is 0 Å². The quantitative estimate of drug-likeness (QED) is 0.935. The number of hydrogen-bond donors (Lipinski definition) is 1. The van der Waals surface area contributed by atoms with Gasteiger partial charge in [-0.05, 0) is 19.8 Å². The third-order valence-electron chi connectivity index (χ3n) is 3.73. The largest absolute Gasteiger partial charge is 0.359 e. The lowest BCUT2D eigenvalue weighted by Gasteiger charge is -2.20. The van der Waals surface area contributed by atoms with E-state index >= 15 is 0 Å². The van der Waals surface area contributed by atoms with Crippen LogP contribution in [0.15, 0.2) is 10.6 Å².